The van der Waals surface area contributed by atoms with Gasteiger partial charge in [0.05, 0.1) is 13.0 Å². The molecule has 0 heterocycles. The molecule has 2 aromatic rings. The number of carbonyl (C=O) groups excluding carboxylic acids is 1. The Morgan fingerprint density at radius 2 is 1.44 bits per heavy atom. The molecule has 2 aliphatic rings. The van der Waals surface area contributed by atoms with Gasteiger partial charge in [0.25, 0.3) is 0 Å². The standard InChI is InChI=1S/C27H30F4O3/c1-3-4-5-6-15-7-8-17-16(15)9-10-20(17)27(32)34-22-14-12-19(24(29)26(22)31)18-11-13-21(33-2)25(30)23(18)28/h11-17,20H,3-10H2,1-2H3. The quantitative estimate of drug-likeness (QED) is 0.171. The molecule has 2 fully saturated rings. The van der Waals surface area contributed by atoms with E-state index in [-0.39, 0.29) is 17.6 Å². The van der Waals surface area contributed by atoms with E-state index in [1.807, 2.05) is 0 Å². The van der Waals surface area contributed by atoms with Gasteiger partial charge in [-0.1, -0.05) is 32.6 Å². The van der Waals surface area contributed by atoms with Crippen LogP contribution in [0.5, 0.6) is 11.5 Å². The predicted molar refractivity (Wildman–Crippen MR) is 120 cm³/mol. The first-order valence-electron chi connectivity index (χ1n) is 12.1. The molecule has 2 saturated carbocycles. The van der Waals surface area contributed by atoms with Gasteiger partial charge in [-0.2, -0.15) is 8.78 Å². The Balaban J connectivity index is 1.48. The third kappa shape index (κ3) is 4.53. The zero-order valence-corrected chi connectivity index (χ0v) is 19.5. The maximum absolute atomic E-state index is 14.8. The molecule has 3 nitrogen and oxygen atoms in total. The molecule has 0 saturated heterocycles. The lowest BCUT2D eigenvalue weighted by molar-refractivity contribution is -0.140. The minimum absolute atomic E-state index is 0.225. The highest BCUT2D eigenvalue weighted by Crippen LogP contribution is 2.52. The number of benzene rings is 2. The van der Waals surface area contributed by atoms with Gasteiger partial charge in [0.15, 0.2) is 23.1 Å². The summed E-state index contributed by atoms with van der Waals surface area (Å²) in [7, 11) is 1.17. The Morgan fingerprint density at radius 3 is 2.09 bits per heavy atom. The molecular weight excluding hydrogens is 448 g/mol. The van der Waals surface area contributed by atoms with Crippen molar-refractivity contribution in [2.45, 2.75) is 58.3 Å². The highest BCUT2D eigenvalue weighted by Gasteiger charge is 2.47. The van der Waals surface area contributed by atoms with Gasteiger partial charge in [-0.15, -0.1) is 0 Å². The summed E-state index contributed by atoms with van der Waals surface area (Å²) in [6, 6.07) is 4.41. The average Bonchev–Trinajstić information content (AvgIpc) is 3.42. The van der Waals surface area contributed by atoms with Crippen molar-refractivity contribution in [2.24, 2.45) is 23.7 Å². The van der Waals surface area contributed by atoms with Crippen LogP contribution in [0.2, 0.25) is 0 Å². The zero-order valence-electron chi connectivity index (χ0n) is 19.5. The van der Waals surface area contributed by atoms with Crippen molar-refractivity contribution in [1.29, 1.82) is 0 Å². The second-order valence-electron chi connectivity index (χ2n) is 9.45. The predicted octanol–water partition coefficient (Wildman–Crippen LogP) is 7.46. The Labute approximate surface area is 197 Å². The van der Waals surface area contributed by atoms with Crippen LogP contribution < -0.4 is 9.47 Å². The lowest BCUT2D eigenvalue weighted by Crippen LogP contribution is -2.25. The molecule has 4 unspecified atom stereocenters. The van der Waals surface area contributed by atoms with Gasteiger partial charge in [0.2, 0.25) is 11.6 Å². The van der Waals surface area contributed by atoms with Crippen LogP contribution in [0.15, 0.2) is 24.3 Å². The van der Waals surface area contributed by atoms with Crippen LogP contribution in [0.1, 0.15) is 58.3 Å². The number of rotatable bonds is 8. The van der Waals surface area contributed by atoms with Crippen LogP contribution in [0.4, 0.5) is 17.6 Å². The second kappa shape index (κ2) is 10.4. The van der Waals surface area contributed by atoms with Crippen LogP contribution in [-0.2, 0) is 4.79 Å². The second-order valence-corrected chi connectivity index (χ2v) is 9.45. The molecule has 0 spiro atoms. The highest BCUT2D eigenvalue weighted by molar-refractivity contribution is 5.76. The van der Waals surface area contributed by atoms with Gasteiger partial charge in [0, 0.05) is 11.1 Å². The molecule has 0 bridgehead atoms. The van der Waals surface area contributed by atoms with Crippen molar-refractivity contribution in [2.75, 3.05) is 7.11 Å². The van der Waals surface area contributed by atoms with Crippen molar-refractivity contribution in [3.8, 4) is 22.6 Å². The number of carbonyl (C=O) groups is 1. The number of fused-ring (bicyclic) bond motifs is 1. The summed E-state index contributed by atoms with van der Waals surface area (Å²) in [4.78, 5) is 12.9. The maximum atomic E-state index is 14.8. The minimum Gasteiger partial charge on any atom is -0.494 e. The van der Waals surface area contributed by atoms with Crippen molar-refractivity contribution < 1.29 is 31.8 Å². The number of unbranched alkanes of at least 4 members (excludes halogenated alkanes) is 2. The molecule has 7 heteroatoms. The van der Waals surface area contributed by atoms with E-state index in [2.05, 4.69) is 6.92 Å². The SMILES string of the molecule is CCCCCC1CCC2C(C(=O)Oc3ccc(-c4ccc(OC)c(F)c4F)c(F)c3F)CCC12. The van der Waals surface area contributed by atoms with E-state index in [0.717, 1.165) is 43.5 Å². The Bertz CT molecular complexity index is 1050. The van der Waals surface area contributed by atoms with Crippen molar-refractivity contribution >= 4 is 5.97 Å². The van der Waals surface area contributed by atoms with Gasteiger partial charge in [0.1, 0.15) is 0 Å². The van der Waals surface area contributed by atoms with E-state index in [0.29, 0.717) is 18.3 Å². The van der Waals surface area contributed by atoms with E-state index < -0.39 is 46.1 Å². The van der Waals surface area contributed by atoms with E-state index in [1.54, 1.807) is 0 Å². The van der Waals surface area contributed by atoms with Gasteiger partial charge < -0.3 is 9.47 Å². The van der Waals surface area contributed by atoms with Gasteiger partial charge >= 0.3 is 5.97 Å². The zero-order chi connectivity index (χ0) is 24.4. The lowest BCUT2D eigenvalue weighted by atomic mass is 9.86. The summed E-state index contributed by atoms with van der Waals surface area (Å²) in [5, 5.41) is 0. The monoisotopic (exact) mass is 478 g/mol. The van der Waals surface area contributed by atoms with E-state index >= 15 is 0 Å². The minimum atomic E-state index is -1.41. The number of esters is 1. The Hall–Kier alpha value is -2.57. The van der Waals surface area contributed by atoms with Crippen LogP contribution in [-0.4, -0.2) is 13.1 Å². The van der Waals surface area contributed by atoms with Gasteiger partial charge in [-0.05, 0) is 67.7 Å². The van der Waals surface area contributed by atoms with E-state index in [9.17, 15) is 22.4 Å². The van der Waals surface area contributed by atoms with E-state index in [4.69, 9.17) is 9.47 Å². The number of hydrogen-bond donors (Lipinski definition) is 0. The van der Waals surface area contributed by atoms with Gasteiger partial charge in [-0.25, -0.2) is 8.78 Å². The first-order valence-corrected chi connectivity index (χ1v) is 12.1. The summed E-state index contributed by atoms with van der Waals surface area (Å²) in [6.45, 7) is 2.18. The number of methoxy groups -OCH3 is 1. The van der Waals surface area contributed by atoms with Crippen molar-refractivity contribution in [1.82, 2.24) is 0 Å². The van der Waals surface area contributed by atoms with Crippen molar-refractivity contribution in [3.05, 3.63) is 47.5 Å². The smallest absolute Gasteiger partial charge is 0.314 e. The fourth-order valence-electron chi connectivity index (χ4n) is 5.93. The first-order chi connectivity index (χ1) is 16.4. The lowest BCUT2D eigenvalue weighted by Gasteiger charge is -2.20. The molecule has 0 aromatic heterocycles. The highest BCUT2D eigenvalue weighted by atomic mass is 19.2. The number of halogens is 4. The Kier molecular flexibility index (Phi) is 7.48. The molecule has 0 N–H and O–H groups in total. The topological polar surface area (TPSA) is 35.5 Å². The first kappa shape index (κ1) is 24.6. The molecule has 4 atom stereocenters. The summed E-state index contributed by atoms with van der Waals surface area (Å²) in [5.74, 6) is -5.87. The third-order valence-electron chi connectivity index (χ3n) is 7.65. The summed E-state index contributed by atoms with van der Waals surface area (Å²) >= 11 is 0. The molecule has 2 aliphatic carbocycles. The fourth-order valence-corrected chi connectivity index (χ4v) is 5.93. The Morgan fingerprint density at radius 1 is 0.824 bits per heavy atom. The van der Waals surface area contributed by atoms with E-state index in [1.165, 1.54) is 32.8 Å². The largest absolute Gasteiger partial charge is 0.494 e. The molecule has 34 heavy (non-hydrogen) atoms. The molecular formula is C27H30F4O3. The molecule has 2 aromatic carbocycles. The van der Waals surface area contributed by atoms with Crippen LogP contribution in [0.25, 0.3) is 11.1 Å². The van der Waals surface area contributed by atoms with Crippen LogP contribution >= 0.6 is 0 Å². The molecule has 0 radical (unpaired) electrons. The normalized spacial score (nSPS) is 23.7. The summed E-state index contributed by atoms with van der Waals surface area (Å²) in [5.41, 5.74) is -0.922. The summed E-state index contributed by atoms with van der Waals surface area (Å²) < 4.78 is 68.0. The fraction of sp³-hybridized carbons (Fsp3) is 0.519. The third-order valence-corrected chi connectivity index (χ3v) is 7.65. The molecule has 184 valence electrons. The van der Waals surface area contributed by atoms with Crippen LogP contribution in [0.3, 0.4) is 0 Å². The van der Waals surface area contributed by atoms with Crippen LogP contribution in [0, 0.1) is 46.9 Å². The number of hydrogen-bond acceptors (Lipinski definition) is 3. The maximum Gasteiger partial charge on any atom is 0.314 e. The molecule has 0 aliphatic heterocycles. The molecule has 4 rings (SSSR count). The van der Waals surface area contributed by atoms with Gasteiger partial charge in [-0.3, -0.25) is 4.79 Å². The van der Waals surface area contributed by atoms with Crippen molar-refractivity contribution in [3.63, 3.8) is 0 Å². The average molecular weight is 479 g/mol. The summed E-state index contributed by atoms with van der Waals surface area (Å²) in [6.07, 6.45) is 8.49. The number of ether oxygens (including phenoxy) is 2. The molecule has 0 amide bonds.